The van der Waals surface area contributed by atoms with Gasteiger partial charge in [0.2, 0.25) is 0 Å². The summed E-state index contributed by atoms with van der Waals surface area (Å²) in [5, 5.41) is 3.04. The second-order valence-electron chi connectivity index (χ2n) is 2.88. The third-order valence-corrected chi connectivity index (χ3v) is 1.78. The Morgan fingerprint density at radius 2 is 2.00 bits per heavy atom. The average Bonchev–Trinajstić information content (AvgIpc) is 2.25. The Morgan fingerprint density at radius 1 is 1.29 bits per heavy atom. The molecule has 0 spiro atoms. The fourth-order valence-electron chi connectivity index (χ4n) is 1.00. The Kier molecular flexibility index (Phi) is 4.56. The first-order valence-electron chi connectivity index (χ1n) is 4.57. The lowest BCUT2D eigenvalue weighted by Crippen LogP contribution is -2.06. The molecule has 74 valence electrons. The highest BCUT2D eigenvalue weighted by Gasteiger charge is 1.87. The van der Waals surface area contributed by atoms with Crippen LogP contribution >= 0.6 is 0 Å². The van der Waals surface area contributed by atoms with Gasteiger partial charge in [-0.15, -0.1) is 0 Å². The summed E-state index contributed by atoms with van der Waals surface area (Å²) in [6.45, 7) is 0.926. The summed E-state index contributed by atoms with van der Waals surface area (Å²) in [7, 11) is 1.92. The average molecular weight is 189 g/mol. The number of hydrogen-bond acceptors (Lipinski definition) is 3. The van der Waals surface area contributed by atoms with E-state index in [1.807, 2.05) is 31.3 Å². The van der Waals surface area contributed by atoms with E-state index in [0.717, 1.165) is 24.2 Å². The number of hydrogen-bond donors (Lipinski definition) is 3. The maximum Gasteiger partial charge on any atom is 0.0485 e. The van der Waals surface area contributed by atoms with Crippen molar-refractivity contribution in [3.8, 4) is 11.8 Å². The van der Waals surface area contributed by atoms with Crippen LogP contribution in [-0.2, 0) is 0 Å². The lowest BCUT2D eigenvalue weighted by Gasteiger charge is -1.97. The largest absolute Gasteiger partial charge is 0.324 e. The highest BCUT2D eigenvalue weighted by molar-refractivity contribution is 5.47. The van der Waals surface area contributed by atoms with Crippen LogP contribution in [0.15, 0.2) is 24.3 Å². The summed E-state index contributed by atoms with van der Waals surface area (Å²) in [5.74, 6) is 11.4. The fraction of sp³-hybridized carbons (Fsp3) is 0.273. The summed E-state index contributed by atoms with van der Waals surface area (Å²) < 4.78 is 0. The van der Waals surface area contributed by atoms with E-state index < -0.39 is 0 Å². The summed E-state index contributed by atoms with van der Waals surface area (Å²) >= 11 is 0. The molecule has 0 aliphatic rings. The maximum atomic E-state index is 5.25. The van der Waals surface area contributed by atoms with Crippen LogP contribution in [0.1, 0.15) is 12.0 Å². The normalized spacial score (nSPS) is 9.00. The van der Waals surface area contributed by atoms with Gasteiger partial charge in [0.05, 0.1) is 0 Å². The molecule has 1 rings (SSSR count). The third kappa shape index (κ3) is 3.48. The molecule has 0 fully saturated rings. The number of nitrogens with one attached hydrogen (secondary N) is 2. The highest BCUT2D eigenvalue weighted by atomic mass is 15.2. The van der Waals surface area contributed by atoms with E-state index in [4.69, 9.17) is 5.84 Å². The van der Waals surface area contributed by atoms with Crippen molar-refractivity contribution in [2.24, 2.45) is 5.84 Å². The fourth-order valence-corrected chi connectivity index (χ4v) is 1.00. The topological polar surface area (TPSA) is 50.1 Å². The van der Waals surface area contributed by atoms with Gasteiger partial charge < -0.3 is 10.7 Å². The molecule has 0 unspecified atom stereocenters. The lowest BCUT2D eigenvalue weighted by atomic mass is 10.2. The summed E-state index contributed by atoms with van der Waals surface area (Å²) in [6.07, 6.45) is 0.868. The molecule has 4 N–H and O–H groups in total. The summed E-state index contributed by atoms with van der Waals surface area (Å²) in [4.78, 5) is 0. The first kappa shape index (κ1) is 10.6. The molecule has 0 amide bonds. The minimum absolute atomic E-state index is 0.868. The van der Waals surface area contributed by atoms with Crippen LogP contribution < -0.4 is 16.6 Å². The zero-order valence-electron chi connectivity index (χ0n) is 8.30. The number of hydrazine groups is 1. The van der Waals surface area contributed by atoms with E-state index in [9.17, 15) is 0 Å². The second kappa shape index (κ2) is 6.03. The molecule has 3 nitrogen and oxygen atoms in total. The van der Waals surface area contributed by atoms with Gasteiger partial charge in [-0.05, 0) is 31.3 Å². The van der Waals surface area contributed by atoms with E-state index >= 15 is 0 Å². The van der Waals surface area contributed by atoms with Crippen molar-refractivity contribution in [3.05, 3.63) is 29.8 Å². The zero-order valence-corrected chi connectivity index (χ0v) is 8.30. The Labute approximate surface area is 84.7 Å². The van der Waals surface area contributed by atoms with Gasteiger partial charge in [0.25, 0.3) is 0 Å². The molecule has 3 heteroatoms. The van der Waals surface area contributed by atoms with Gasteiger partial charge in [0.15, 0.2) is 0 Å². The van der Waals surface area contributed by atoms with Crippen molar-refractivity contribution < 1.29 is 0 Å². The predicted octanol–water partition coefficient (Wildman–Crippen LogP) is 0.933. The van der Waals surface area contributed by atoms with Crippen LogP contribution in [0, 0.1) is 11.8 Å². The van der Waals surface area contributed by atoms with Crippen molar-refractivity contribution in [2.75, 3.05) is 19.0 Å². The predicted molar refractivity (Wildman–Crippen MR) is 59.7 cm³/mol. The molecule has 0 aliphatic carbocycles. The SMILES string of the molecule is CNCCC#Cc1ccc(NN)cc1. The van der Waals surface area contributed by atoms with Crippen LogP contribution in [0.4, 0.5) is 5.69 Å². The van der Waals surface area contributed by atoms with Gasteiger partial charge in [-0.3, -0.25) is 5.84 Å². The van der Waals surface area contributed by atoms with Gasteiger partial charge in [-0.25, -0.2) is 0 Å². The van der Waals surface area contributed by atoms with E-state index in [0.29, 0.717) is 0 Å². The summed E-state index contributed by atoms with van der Waals surface area (Å²) in [5.41, 5.74) is 4.48. The van der Waals surface area contributed by atoms with Gasteiger partial charge in [0.1, 0.15) is 0 Å². The Balaban J connectivity index is 2.53. The molecule has 0 saturated heterocycles. The Bertz CT molecular complexity index is 319. The van der Waals surface area contributed by atoms with Crippen LogP contribution in [0.5, 0.6) is 0 Å². The van der Waals surface area contributed by atoms with Crippen molar-refractivity contribution in [3.63, 3.8) is 0 Å². The maximum absolute atomic E-state index is 5.25. The van der Waals surface area contributed by atoms with Crippen molar-refractivity contribution in [1.82, 2.24) is 5.32 Å². The van der Waals surface area contributed by atoms with E-state index in [2.05, 4.69) is 22.6 Å². The zero-order chi connectivity index (χ0) is 10.2. The van der Waals surface area contributed by atoms with Crippen molar-refractivity contribution in [2.45, 2.75) is 6.42 Å². The Morgan fingerprint density at radius 3 is 2.57 bits per heavy atom. The van der Waals surface area contributed by atoms with Gasteiger partial charge >= 0.3 is 0 Å². The molecular formula is C11H15N3. The minimum atomic E-state index is 0.868. The summed E-state index contributed by atoms with van der Waals surface area (Å²) in [6, 6.07) is 7.70. The first-order chi connectivity index (χ1) is 6.86. The quantitative estimate of drug-likeness (QED) is 0.287. The first-order valence-corrected chi connectivity index (χ1v) is 4.57. The van der Waals surface area contributed by atoms with Crippen molar-refractivity contribution in [1.29, 1.82) is 0 Å². The lowest BCUT2D eigenvalue weighted by molar-refractivity contribution is 0.818. The third-order valence-electron chi connectivity index (χ3n) is 1.78. The molecule has 0 radical (unpaired) electrons. The molecule has 1 aromatic rings. The molecule has 0 atom stereocenters. The number of nitrogen functional groups attached to an aromatic ring is 1. The number of anilines is 1. The van der Waals surface area contributed by atoms with Crippen LogP contribution in [0.2, 0.25) is 0 Å². The van der Waals surface area contributed by atoms with Crippen molar-refractivity contribution >= 4 is 5.69 Å². The molecule has 0 saturated carbocycles. The highest BCUT2D eigenvalue weighted by Crippen LogP contribution is 2.06. The van der Waals surface area contributed by atoms with E-state index in [1.165, 1.54) is 0 Å². The van der Waals surface area contributed by atoms with Gasteiger partial charge in [0, 0.05) is 24.2 Å². The molecule has 0 aromatic heterocycles. The van der Waals surface area contributed by atoms with Gasteiger partial charge in [-0.2, -0.15) is 0 Å². The standard InChI is InChI=1S/C11H15N3/c1-13-9-3-2-4-10-5-7-11(14-12)8-6-10/h5-8,13-14H,3,9,12H2,1H3. The van der Waals surface area contributed by atoms with Gasteiger partial charge in [-0.1, -0.05) is 11.8 Å². The molecular weight excluding hydrogens is 174 g/mol. The second-order valence-corrected chi connectivity index (χ2v) is 2.88. The van der Waals surface area contributed by atoms with E-state index in [-0.39, 0.29) is 0 Å². The van der Waals surface area contributed by atoms with Crippen LogP contribution in [0.3, 0.4) is 0 Å². The molecule has 0 aliphatic heterocycles. The number of benzene rings is 1. The van der Waals surface area contributed by atoms with Crippen LogP contribution in [-0.4, -0.2) is 13.6 Å². The Hall–Kier alpha value is -1.50. The molecule has 14 heavy (non-hydrogen) atoms. The molecule has 0 bridgehead atoms. The molecule has 1 aromatic carbocycles. The number of nitrogens with two attached hydrogens (primary N) is 1. The molecule has 0 heterocycles. The smallest absolute Gasteiger partial charge is 0.0485 e. The monoisotopic (exact) mass is 189 g/mol. The van der Waals surface area contributed by atoms with E-state index in [1.54, 1.807) is 0 Å². The minimum Gasteiger partial charge on any atom is -0.324 e. The number of rotatable bonds is 3. The van der Waals surface area contributed by atoms with Crippen LogP contribution in [0.25, 0.3) is 0 Å².